The lowest BCUT2D eigenvalue weighted by molar-refractivity contribution is 0.0915. The molecule has 22 heavy (non-hydrogen) atoms. The lowest BCUT2D eigenvalue weighted by Crippen LogP contribution is -2.30. The molecule has 0 aliphatic heterocycles. The van der Waals surface area contributed by atoms with Crippen molar-refractivity contribution in [1.82, 2.24) is 14.5 Å². The number of benzene rings is 1. The molecule has 0 spiro atoms. The minimum absolute atomic E-state index is 0.0987. The van der Waals surface area contributed by atoms with Crippen molar-refractivity contribution in [3.63, 3.8) is 0 Å². The van der Waals surface area contributed by atoms with Crippen LogP contribution in [0.2, 0.25) is 0 Å². The summed E-state index contributed by atoms with van der Waals surface area (Å²) in [5.74, 6) is 0.676. The van der Waals surface area contributed by atoms with Gasteiger partial charge in [0, 0.05) is 6.20 Å². The van der Waals surface area contributed by atoms with Crippen LogP contribution < -0.4 is 10.3 Å². The first-order valence-electron chi connectivity index (χ1n) is 6.90. The van der Waals surface area contributed by atoms with Gasteiger partial charge in [-0.1, -0.05) is 18.2 Å². The van der Waals surface area contributed by atoms with Gasteiger partial charge in [-0.25, -0.2) is 9.97 Å². The van der Waals surface area contributed by atoms with Gasteiger partial charge in [0.05, 0.1) is 11.9 Å². The van der Waals surface area contributed by atoms with Crippen LogP contribution in [-0.2, 0) is 6.54 Å². The van der Waals surface area contributed by atoms with E-state index >= 15 is 0 Å². The summed E-state index contributed by atoms with van der Waals surface area (Å²) in [5.41, 5.74) is 0.177. The molecule has 1 atom stereocenters. The van der Waals surface area contributed by atoms with Crippen LogP contribution in [0.3, 0.4) is 0 Å². The predicted octanol–water partition coefficient (Wildman–Crippen LogP) is 1.23. The van der Waals surface area contributed by atoms with Crippen LogP contribution in [0.1, 0.15) is 0 Å². The highest BCUT2D eigenvalue weighted by atomic mass is 16.5. The van der Waals surface area contributed by atoms with Crippen molar-refractivity contribution in [3.05, 3.63) is 65.3 Å². The Hall–Kier alpha value is -2.73. The molecule has 1 N–H and O–H groups in total. The maximum atomic E-state index is 12.3. The molecule has 0 aliphatic carbocycles. The largest absolute Gasteiger partial charge is 0.491 e. The molecular weight excluding hydrogens is 282 g/mol. The number of hydrogen-bond acceptors (Lipinski definition) is 5. The Bertz CT molecular complexity index is 817. The summed E-state index contributed by atoms with van der Waals surface area (Å²) >= 11 is 0. The minimum Gasteiger partial charge on any atom is -0.491 e. The summed E-state index contributed by atoms with van der Waals surface area (Å²) in [5, 5.41) is 10.5. The van der Waals surface area contributed by atoms with E-state index in [1.54, 1.807) is 18.3 Å². The van der Waals surface area contributed by atoms with E-state index in [4.69, 9.17) is 4.74 Å². The van der Waals surface area contributed by atoms with Crippen LogP contribution in [0.15, 0.2) is 59.8 Å². The molecule has 0 unspecified atom stereocenters. The minimum atomic E-state index is -0.811. The maximum absolute atomic E-state index is 12.3. The summed E-state index contributed by atoms with van der Waals surface area (Å²) < 4.78 is 6.83. The van der Waals surface area contributed by atoms with Gasteiger partial charge in [-0.05, 0) is 24.3 Å². The van der Waals surface area contributed by atoms with E-state index in [0.29, 0.717) is 16.8 Å². The summed E-state index contributed by atoms with van der Waals surface area (Å²) in [6, 6.07) is 12.6. The lowest BCUT2D eigenvalue weighted by atomic mass is 10.3. The molecule has 0 amide bonds. The molecule has 3 rings (SSSR count). The number of aliphatic hydroxyl groups excluding tert-OH is 1. The number of aromatic nitrogens is 3. The number of ether oxygens (including phenoxy) is 1. The first kappa shape index (κ1) is 14.2. The van der Waals surface area contributed by atoms with Crippen LogP contribution >= 0.6 is 0 Å². The summed E-state index contributed by atoms with van der Waals surface area (Å²) in [6.07, 6.45) is 2.17. The molecule has 112 valence electrons. The van der Waals surface area contributed by atoms with Gasteiger partial charge in [-0.15, -0.1) is 0 Å². The molecule has 2 aromatic heterocycles. The number of fused-ring (bicyclic) bond motifs is 1. The van der Waals surface area contributed by atoms with Crippen molar-refractivity contribution in [2.45, 2.75) is 12.6 Å². The second-order valence-electron chi connectivity index (χ2n) is 4.85. The number of aliphatic hydroxyl groups is 1. The van der Waals surface area contributed by atoms with Crippen molar-refractivity contribution in [2.24, 2.45) is 0 Å². The van der Waals surface area contributed by atoms with Crippen molar-refractivity contribution in [3.8, 4) is 5.75 Å². The predicted molar refractivity (Wildman–Crippen MR) is 81.7 cm³/mol. The molecule has 0 aliphatic rings. The van der Waals surface area contributed by atoms with E-state index in [0.717, 1.165) is 0 Å². The average Bonchev–Trinajstić information content (AvgIpc) is 2.57. The van der Waals surface area contributed by atoms with Gasteiger partial charge in [-0.3, -0.25) is 9.36 Å². The zero-order chi connectivity index (χ0) is 15.4. The Morgan fingerprint density at radius 1 is 1.14 bits per heavy atom. The summed E-state index contributed by atoms with van der Waals surface area (Å²) in [4.78, 5) is 20.4. The second kappa shape index (κ2) is 6.36. The highest BCUT2D eigenvalue weighted by Crippen LogP contribution is 2.09. The van der Waals surface area contributed by atoms with Crippen LogP contribution in [0, 0.1) is 0 Å². The average molecular weight is 297 g/mol. The van der Waals surface area contributed by atoms with Gasteiger partial charge in [0.25, 0.3) is 5.56 Å². The standard InChI is InChI=1S/C16H15N3O3/c20-12(10-22-13-5-2-1-3-6-13)9-19-11-18-15-14(16(19)21)7-4-8-17-15/h1-8,11-12,20H,9-10H2/t12-/m0/s1. The van der Waals surface area contributed by atoms with Crippen LogP contribution in [0.25, 0.3) is 11.0 Å². The Balaban J connectivity index is 1.70. The van der Waals surface area contributed by atoms with Crippen molar-refractivity contribution in [2.75, 3.05) is 6.61 Å². The van der Waals surface area contributed by atoms with Crippen LogP contribution in [0.5, 0.6) is 5.75 Å². The van der Waals surface area contributed by atoms with E-state index in [-0.39, 0.29) is 18.7 Å². The van der Waals surface area contributed by atoms with Crippen molar-refractivity contribution in [1.29, 1.82) is 0 Å². The van der Waals surface area contributed by atoms with E-state index in [1.807, 2.05) is 30.3 Å². The van der Waals surface area contributed by atoms with Gasteiger partial charge in [0.15, 0.2) is 5.65 Å². The number of nitrogens with zero attached hydrogens (tertiary/aromatic N) is 3. The zero-order valence-electron chi connectivity index (χ0n) is 11.8. The third-order valence-corrected chi connectivity index (χ3v) is 3.19. The number of hydrogen-bond donors (Lipinski definition) is 1. The Morgan fingerprint density at radius 2 is 1.95 bits per heavy atom. The molecule has 0 saturated carbocycles. The third kappa shape index (κ3) is 3.12. The SMILES string of the molecule is O=c1c2cccnc2ncn1C[C@H](O)COc1ccccc1. The molecule has 0 saturated heterocycles. The monoisotopic (exact) mass is 297 g/mol. The maximum Gasteiger partial charge on any atom is 0.262 e. The fourth-order valence-electron chi connectivity index (χ4n) is 2.12. The van der Waals surface area contributed by atoms with Gasteiger partial charge < -0.3 is 9.84 Å². The lowest BCUT2D eigenvalue weighted by Gasteiger charge is -2.13. The Labute approximate surface area is 126 Å². The molecule has 0 fully saturated rings. The zero-order valence-corrected chi connectivity index (χ0v) is 11.8. The number of para-hydroxylation sites is 1. The van der Waals surface area contributed by atoms with Gasteiger partial charge in [-0.2, -0.15) is 0 Å². The molecule has 6 heteroatoms. The van der Waals surface area contributed by atoms with Crippen molar-refractivity contribution < 1.29 is 9.84 Å². The summed E-state index contributed by atoms with van der Waals surface area (Å²) in [7, 11) is 0. The summed E-state index contributed by atoms with van der Waals surface area (Å²) in [6.45, 7) is 0.213. The second-order valence-corrected chi connectivity index (χ2v) is 4.85. The fourth-order valence-corrected chi connectivity index (χ4v) is 2.12. The smallest absolute Gasteiger partial charge is 0.262 e. The molecule has 2 heterocycles. The normalized spacial score (nSPS) is 12.2. The molecule has 1 aromatic carbocycles. The molecule has 6 nitrogen and oxygen atoms in total. The van der Waals surface area contributed by atoms with Gasteiger partial charge in [0.1, 0.15) is 24.8 Å². The van der Waals surface area contributed by atoms with E-state index < -0.39 is 6.10 Å². The third-order valence-electron chi connectivity index (χ3n) is 3.19. The van der Waals surface area contributed by atoms with E-state index in [2.05, 4.69) is 9.97 Å². The highest BCUT2D eigenvalue weighted by molar-refractivity contribution is 5.72. The molecule has 3 aromatic rings. The quantitative estimate of drug-likeness (QED) is 0.766. The fraction of sp³-hybridized carbons (Fsp3) is 0.188. The van der Waals surface area contributed by atoms with Gasteiger partial charge in [0.2, 0.25) is 0 Å². The highest BCUT2D eigenvalue weighted by Gasteiger charge is 2.10. The van der Waals surface area contributed by atoms with E-state index in [9.17, 15) is 9.90 Å². The van der Waals surface area contributed by atoms with Gasteiger partial charge >= 0.3 is 0 Å². The van der Waals surface area contributed by atoms with Crippen molar-refractivity contribution >= 4 is 11.0 Å². The first-order chi connectivity index (χ1) is 10.7. The number of rotatable bonds is 5. The van der Waals surface area contributed by atoms with Crippen LogP contribution in [-0.4, -0.2) is 32.4 Å². The first-order valence-corrected chi connectivity index (χ1v) is 6.90. The molecule has 0 radical (unpaired) electrons. The van der Waals surface area contributed by atoms with Crippen LogP contribution in [0.4, 0.5) is 0 Å². The topological polar surface area (TPSA) is 77.2 Å². The Kier molecular flexibility index (Phi) is 4.11. The number of pyridine rings is 1. The van der Waals surface area contributed by atoms with E-state index in [1.165, 1.54) is 10.9 Å². The molecule has 0 bridgehead atoms. The Morgan fingerprint density at radius 3 is 2.77 bits per heavy atom. The molecular formula is C16H15N3O3.